The lowest BCUT2D eigenvalue weighted by Crippen LogP contribution is -1.98. The van der Waals surface area contributed by atoms with E-state index in [1.165, 1.54) is 11.3 Å². The molecule has 0 N–H and O–H groups in total. The highest BCUT2D eigenvalue weighted by atomic mass is 79.9. The Balaban J connectivity index is 2.32. The van der Waals surface area contributed by atoms with Crippen LogP contribution in [0.15, 0.2) is 31.8 Å². The first-order chi connectivity index (χ1) is 7.22. The zero-order valence-corrected chi connectivity index (χ0v) is 10.5. The van der Waals surface area contributed by atoms with Crippen LogP contribution in [0.1, 0.15) is 28.8 Å². The van der Waals surface area contributed by atoms with Crippen molar-refractivity contribution in [3.8, 4) is 0 Å². The maximum absolute atomic E-state index is 11.9. The van der Waals surface area contributed by atoms with E-state index in [9.17, 15) is 4.79 Å². The van der Waals surface area contributed by atoms with E-state index in [1.54, 1.807) is 6.07 Å². The van der Waals surface area contributed by atoms with Gasteiger partial charge in [-0.3, -0.25) is 4.79 Å². The second-order valence-electron chi connectivity index (χ2n) is 3.08. The summed E-state index contributed by atoms with van der Waals surface area (Å²) in [6.45, 7) is 1.99. The summed E-state index contributed by atoms with van der Waals surface area (Å²) in [6, 6.07) is 3.57. The highest BCUT2D eigenvalue weighted by Gasteiger charge is 2.16. The molecule has 0 saturated heterocycles. The second-order valence-corrected chi connectivity index (χ2v) is 4.68. The van der Waals surface area contributed by atoms with Crippen LogP contribution in [0.2, 0.25) is 0 Å². The van der Waals surface area contributed by atoms with Crippen molar-refractivity contribution in [2.24, 2.45) is 0 Å². The minimum Gasteiger partial charge on any atom is -0.458 e. The highest BCUT2D eigenvalue weighted by molar-refractivity contribution is 9.10. The standard InChI is InChI=1S/C11H9BrO2S/c1-2-7-3-4-10(14-7)11(13)8-5-15-6-9(8)12/h3-6H,2H2,1H3. The Morgan fingerprint density at radius 1 is 1.47 bits per heavy atom. The first kappa shape index (κ1) is 10.6. The van der Waals surface area contributed by atoms with Gasteiger partial charge in [-0.1, -0.05) is 6.92 Å². The molecular formula is C11H9BrO2S. The molecule has 0 amide bonds. The molecule has 0 unspecified atom stereocenters. The van der Waals surface area contributed by atoms with Crippen LogP contribution >= 0.6 is 27.3 Å². The van der Waals surface area contributed by atoms with Gasteiger partial charge in [-0.05, 0) is 28.1 Å². The van der Waals surface area contributed by atoms with Gasteiger partial charge in [-0.2, -0.15) is 11.3 Å². The monoisotopic (exact) mass is 284 g/mol. The van der Waals surface area contributed by atoms with Gasteiger partial charge in [-0.25, -0.2) is 0 Å². The second kappa shape index (κ2) is 4.33. The van der Waals surface area contributed by atoms with Gasteiger partial charge in [-0.15, -0.1) is 0 Å². The lowest BCUT2D eigenvalue weighted by atomic mass is 10.2. The molecule has 0 aromatic carbocycles. The van der Waals surface area contributed by atoms with Crippen LogP contribution in [-0.2, 0) is 6.42 Å². The number of carbonyl (C=O) groups excluding carboxylic acids is 1. The number of furan rings is 1. The third-order valence-corrected chi connectivity index (χ3v) is 3.80. The molecular weight excluding hydrogens is 276 g/mol. The van der Waals surface area contributed by atoms with Crippen molar-refractivity contribution >= 4 is 33.0 Å². The zero-order chi connectivity index (χ0) is 10.8. The fraction of sp³-hybridized carbons (Fsp3) is 0.182. The number of hydrogen-bond acceptors (Lipinski definition) is 3. The smallest absolute Gasteiger partial charge is 0.230 e. The summed E-state index contributed by atoms with van der Waals surface area (Å²) in [5, 5.41) is 3.71. The molecule has 0 saturated carbocycles. The molecule has 2 nitrogen and oxygen atoms in total. The molecule has 4 heteroatoms. The van der Waals surface area contributed by atoms with Gasteiger partial charge in [0.05, 0.1) is 5.56 Å². The highest BCUT2D eigenvalue weighted by Crippen LogP contribution is 2.24. The maximum atomic E-state index is 11.9. The summed E-state index contributed by atoms with van der Waals surface area (Å²) in [7, 11) is 0. The largest absolute Gasteiger partial charge is 0.458 e. The molecule has 0 atom stereocenters. The summed E-state index contributed by atoms with van der Waals surface area (Å²) in [6.07, 6.45) is 0.804. The molecule has 0 bridgehead atoms. The van der Waals surface area contributed by atoms with Crippen molar-refractivity contribution in [3.63, 3.8) is 0 Å². The summed E-state index contributed by atoms with van der Waals surface area (Å²) >= 11 is 4.83. The fourth-order valence-corrected chi connectivity index (χ4v) is 2.72. The van der Waals surface area contributed by atoms with Gasteiger partial charge < -0.3 is 4.42 Å². The quantitative estimate of drug-likeness (QED) is 0.801. The molecule has 2 heterocycles. The molecule has 15 heavy (non-hydrogen) atoms. The van der Waals surface area contributed by atoms with Crippen LogP contribution in [0.4, 0.5) is 0 Å². The molecule has 2 rings (SSSR count). The van der Waals surface area contributed by atoms with Crippen LogP contribution in [0.25, 0.3) is 0 Å². The van der Waals surface area contributed by atoms with Gasteiger partial charge in [0.2, 0.25) is 5.78 Å². The summed E-state index contributed by atoms with van der Waals surface area (Å²) < 4.78 is 6.23. The normalized spacial score (nSPS) is 10.5. The number of rotatable bonds is 3. The Bertz CT molecular complexity index is 484. The van der Waals surface area contributed by atoms with Gasteiger partial charge in [0.25, 0.3) is 0 Å². The minimum atomic E-state index is -0.0668. The fourth-order valence-electron chi connectivity index (χ4n) is 1.27. The van der Waals surface area contributed by atoms with E-state index < -0.39 is 0 Å². The number of thiophene rings is 1. The molecule has 0 spiro atoms. The molecule has 2 aromatic heterocycles. The van der Waals surface area contributed by atoms with E-state index in [1.807, 2.05) is 23.8 Å². The molecule has 0 aliphatic rings. The van der Waals surface area contributed by atoms with E-state index in [0.29, 0.717) is 11.3 Å². The molecule has 0 radical (unpaired) electrons. The Morgan fingerprint density at radius 2 is 2.27 bits per heavy atom. The van der Waals surface area contributed by atoms with E-state index in [4.69, 9.17) is 4.42 Å². The third-order valence-electron chi connectivity index (χ3n) is 2.09. The summed E-state index contributed by atoms with van der Waals surface area (Å²) in [4.78, 5) is 11.9. The Morgan fingerprint density at radius 3 is 2.80 bits per heavy atom. The van der Waals surface area contributed by atoms with Crippen LogP contribution in [-0.4, -0.2) is 5.78 Å². The molecule has 78 valence electrons. The number of halogens is 1. The van der Waals surface area contributed by atoms with Crippen LogP contribution < -0.4 is 0 Å². The van der Waals surface area contributed by atoms with Crippen LogP contribution in [0.5, 0.6) is 0 Å². The van der Waals surface area contributed by atoms with Crippen molar-refractivity contribution in [3.05, 3.63) is 44.4 Å². The van der Waals surface area contributed by atoms with Gasteiger partial charge in [0.15, 0.2) is 5.76 Å². The third kappa shape index (κ3) is 2.06. The Kier molecular flexibility index (Phi) is 3.07. The Hall–Kier alpha value is -0.870. The predicted molar refractivity (Wildman–Crippen MR) is 63.5 cm³/mol. The minimum absolute atomic E-state index is 0.0668. The van der Waals surface area contributed by atoms with Crippen molar-refractivity contribution in [1.29, 1.82) is 0 Å². The van der Waals surface area contributed by atoms with E-state index in [2.05, 4.69) is 15.9 Å². The zero-order valence-electron chi connectivity index (χ0n) is 8.12. The van der Waals surface area contributed by atoms with E-state index >= 15 is 0 Å². The number of aryl methyl sites for hydroxylation is 1. The van der Waals surface area contributed by atoms with Gasteiger partial charge in [0.1, 0.15) is 5.76 Å². The van der Waals surface area contributed by atoms with Gasteiger partial charge in [0, 0.05) is 21.7 Å². The number of ketones is 1. The number of carbonyl (C=O) groups is 1. The molecule has 0 aliphatic heterocycles. The Labute approximate surface area is 100 Å². The number of hydrogen-bond donors (Lipinski definition) is 0. The summed E-state index contributed by atoms with van der Waals surface area (Å²) in [5.41, 5.74) is 0.664. The first-order valence-electron chi connectivity index (χ1n) is 4.57. The van der Waals surface area contributed by atoms with E-state index in [-0.39, 0.29) is 5.78 Å². The lowest BCUT2D eigenvalue weighted by Gasteiger charge is -1.94. The maximum Gasteiger partial charge on any atom is 0.230 e. The average Bonchev–Trinajstić information content (AvgIpc) is 2.84. The summed E-state index contributed by atoms with van der Waals surface area (Å²) in [5.74, 6) is 1.18. The van der Waals surface area contributed by atoms with E-state index in [0.717, 1.165) is 16.7 Å². The topological polar surface area (TPSA) is 30.2 Å². The molecule has 0 fully saturated rings. The lowest BCUT2D eigenvalue weighted by molar-refractivity contribution is 0.101. The van der Waals surface area contributed by atoms with Crippen molar-refractivity contribution in [2.45, 2.75) is 13.3 Å². The van der Waals surface area contributed by atoms with Crippen LogP contribution in [0, 0.1) is 0 Å². The van der Waals surface area contributed by atoms with Gasteiger partial charge >= 0.3 is 0 Å². The SMILES string of the molecule is CCc1ccc(C(=O)c2cscc2Br)o1. The van der Waals surface area contributed by atoms with Crippen LogP contribution in [0.3, 0.4) is 0 Å². The predicted octanol–water partition coefficient (Wildman–Crippen LogP) is 3.90. The molecule has 0 aliphatic carbocycles. The van der Waals surface area contributed by atoms with Crippen molar-refractivity contribution < 1.29 is 9.21 Å². The van der Waals surface area contributed by atoms with Crippen molar-refractivity contribution in [2.75, 3.05) is 0 Å². The molecule has 2 aromatic rings. The average molecular weight is 285 g/mol. The first-order valence-corrected chi connectivity index (χ1v) is 6.31. The van der Waals surface area contributed by atoms with Crippen molar-refractivity contribution in [1.82, 2.24) is 0 Å².